The summed E-state index contributed by atoms with van der Waals surface area (Å²) in [4.78, 5) is 31.2. The summed E-state index contributed by atoms with van der Waals surface area (Å²) in [5.41, 5.74) is 7.02. The molecular formula is C34H42BrN5O2. The van der Waals surface area contributed by atoms with Gasteiger partial charge in [0.2, 0.25) is 0 Å². The lowest BCUT2D eigenvalue weighted by molar-refractivity contribution is 0.0956. The number of hydrogen-bond donors (Lipinski definition) is 2. The standard InChI is InChI=1S/C34H42BrN5O2/c1-4-6-18-40(5-2)30-16-19-39(20-17-30)24-26-10-12-28(13-11-26)33(41)37-32-15-14-29(35)22-31(32)34(42)38-36-23-27-9-7-8-25(3)21-27/h7-15,21-23,30H,4-6,16-20,24H2,1-3H3,(H,37,41)(H,38,42)/b36-23+. The molecule has 2 N–H and O–H groups in total. The molecule has 7 nitrogen and oxygen atoms in total. The van der Waals surface area contributed by atoms with Crippen molar-refractivity contribution in [3.8, 4) is 0 Å². The van der Waals surface area contributed by atoms with E-state index in [1.165, 1.54) is 37.8 Å². The Morgan fingerprint density at radius 1 is 1.02 bits per heavy atom. The number of anilines is 1. The third kappa shape index (κ3) is 9.08. The van der Waals surface area contributed by atoms with Gasteiger partial charge in [0.1, 0.15) is 0 Å². The summed E-state index contributed by atoms with van der Waals surface area (Å²) in [5, 5.41) is 6.99. The Labute approximate surface area is 258 Å². The number of hydrazone groups is 1. The summed E-state index contributed by atoms with van der Waals surface area (Å²) in [7, 11) is 0. The minimum atomic E-state index is -0.415. The van der Waals surface area contributed by atoms with Crippen LogP contribution in [0.4, 0.5) is 5.69 Å². The van der Waals surface area contributed by atoms with Crippen LogP contribution in [-0.4, -0.2) is 60.0 Å². The fraction of sp³-hybridized carbons (Fsp3) is 0.382. The van der Waals surface area contributed by atoms with Gasteiger partial charge in [-0.25, -0.2) is 5.43 Å². The molecule has 0 spiro atoms. The third-order valence-electron chi connectivity index (χ3n) is 7.80. The highest BCUT2D eigenvalue weighted by atomic mass is 79.9. The zero-order chi connectivity index (χ0) is 29.9. The maximum Gasteiger partial charge on any atom is 0.273 e. The van der Waals surface area contributed by atoms with Gasteiger partial charge in [0.05, 0.1) is 17.5 Å². The van der Waals surface area contributed by atoms with Gasteiger partial charge in [-0.3, -0.25) is 14.5 Å². The van der Waals surface area contributed by atoms with Crippen molar-refractivity contribution in [2.75, 3.05) is 31.5 Å². The number of piperidine rings is 1. The first kappa shape index (κ1) is 31.6. The van der Waals surface area contributed by atoms with Gasteiger partial charge < -0.3 is 10.2 Å². The van der Waals surface area contributed by atoms with Gasteiger partial charge in [0.25, 0.3) is 11.8 Å². The molecule has 1 saturated heterocycles. The summed E-state index contributed by atoms with van der Waals surface area (Å²) in [6, 6.07) is 21.4. The van der Waals surface area contributed by atoms with Crippen molar-refractivity contribution in [3.05, 3.63) is 99.0 Å². The molecule has 8 heteroatoms. The maximum atomic E-state index is 13.1. The smallest absolute Gasteiger partial charge is 0.273 e. The lowest BCUT2D eigenvalue weighted by Crippen LogP contribution is -2.44. The monoisotopic (exact) mass is 631 g/mol. The second-order valence-corrected chi connectivity index (χ2v) is 11.9. The lowest BCUT2D eigenvalue weighted by Gasteiger charge is -2.38. The number of carbonyl (C=O) groups is 2. The quantitative estimate of drug-likeness (QED) is 0.169. The van der Waals surface area contributed by atoms with Crippen LogP contribution in [0.2, 0.25) is 0 Å². The number of carbonyl (C=O) groups excluding carboxylic acids is 2. The molecule has 1 aliphatic rings. The van der Waals surface area contributed by atoms with E-state index in [1.54, 1.807) is 24.4 Å². The number of nitrogens with one attached hydrogen (secondary N) is 2. The van der Waals surface area contributed by atoms with Gasteiger partial charge in [0, 0.05) is 22.6 Å². The van der Waals surface area contributed by atoms with Crippen molar-refractivity contribution in [1.29, 1.82) is 0 Å². The number of hydrogen-bond acceptors (Lipinski definition) is 5. The zero-order valence-electron chi connectivity index (χ0n) is 24.9. The molecule has 1 aliphatic heterocycles. The number of likely N-dealkylation sites (tertiary alicyclic amines) is 1. The molecule has 0 aromatic heterocycles. The van der Waals surface area contributed by atoms with Crippen LogP contribution in [0.5, 0.6) is 0 Å². The predicted octanol–water partition coefficient (Wildman–Crippen LogP) is 6.86. The summed E-state index contributed by atoms with van der Waals surface area (Å²) in [6.07, 6.45) is 6.52. The van der Waals surface area contributed by atoms with Gasteiger partial charge in [-0.2, -0.15) is 5.10 Å². The van der Waals surface area contributed by atoms with Crippen LogP contribution in [0, 0.1) is 6.92 Å². The highest BCUT2D eigenvalue weighted by Gasteiger charge is 2.23. The minimum Gasteiger partial charge on any atom is -0.321 e. The van der Waals surface area contributed by atoms with Crippen molar-refractivity contribution < 1.29 is 9.59 Å². The van der Waals surface area contributed by atoms with Gasteiger partial charge >= 0.3 is 0 Å². The van der Waals surface area contributed by atoms with Gasteiger partial charge in [0.15, 0.2) is 0 Å². The summed E-state index contributed by atoms with van der Waals surface area (Å²) < 4.78 is 0.727. The second-order valence-electron chi connectivity index (χ2n) is 10.9. The Kier molecular flexibility index (Phi) is 11.9. The number of amides is 2. The molecule has 1 fully saturated rings. The largest absolute Gasteiger partial charge is 0.321 e. The van der Waals surface area contributed by atoms with Crippen LogP contribution in [0.1, 0.15) is 76.9 Å². The average molecular weight is 633 g/mol. The molecule has 2 amide bonds. The van der Waals surface area contributed by atoms with E-state index in [2.05, 4.69) is 55.4 Å². The van der Waals surface area contributed by atoms with Crippen molar-refractivity contribution in [3.63, 3.8) is 0 Å². The number of unbranched alkanes of at least 4 members (excludes halogenated alkanes) is 1. The molecule has 0 bridgehead atoms. The van der Waals surface area contributed by atoms with Crippen LogP contribution in [0.25, 0.3) is 0 Å². The Morgan fingerprint density at radius 2 is 1.79 bits per heavy atom. The maximum absolute atomic E-state index is 13.1. The van der Waals surface area contributed by atoms with E-state index >= 15 is 0 Å². The molecule has 4 rings (SSSR count). The molecule has 222 valence electrons. The van der Waals surface area contributed by atoms with E-state index in [-0.39, 0.29) is 5.91 Å². The topological polar surface area (TPSA) is 77.0 Å². The molecule has 42 heavy (non-hydrogen) atoms. The fourth-order valence-electron chi connectivity index (χ4n) is 5.41. The van der Waals surface area contributed by atoms with Crippen molar-refractivity contribution in [1.82, 2.24) is 15.2 Å². The molecule has 0 aliphatic carbocycles. The minimum absolute atomic E-state index is 0.270. The van der Waals surface area contributed by atoms with Gasteiger partial charge in [-0.05, 0) is 93.8 Å². The number of aryl methyl sites for hydroxylation is 1. The van der Waals surface area contributed by atoms with Crippen molar-refractivity contribution in [2.45, 2.75) is 59.0 Å². The van der Waals surface area contributed by atoms with Crippen LogP contribution >= 0.6 is 15.9 Å². The van der Waals surface area contributed by atoms with Gasteiger partial charge in [-0.1, -0.05) is 78.2 Å². The van der Waals surface area contributed by atoms with Crippen LogP contribution in [-0.2, 0) is 6.54 Å². The zero-order valence-corrected chi connectivity index (χ0v) is 26.5. The van der Waals surface area contributed by atoms with Crippen LogP contribution in [0.3, 0.4) is 0 Å². The van der Waals surface area contributed by atoms with E-state index in [0.29, 0.717) is 22.9 Å². The van der Waals surface area contributed by atoms with E-state index in [0.717, 1.165) is 41.8 Å². The Bertz CT molecular complexity index is 1370. The van der Waals surface area contributed by atoms with Crippen molar-refractivity contribution >= 4 is 39.6 Å². The van der Waals surface area contributed by atoms with E-state index in [4.69, 9.17) is 0 Å². The average Bonchev–Trinajstić information content (AvgIpc) is 2.99. The normalized spacial score (nSPS) is 14.4. The first-order chi connectivity index (χ1) is 20.4. The highest BCUT2D eigenvalue weighted by Crippen LogP contribution is 2.23. The van der Waals surface area contributed by atoms with E-state index < -0.39 is 5.91 Å². The second kappa shape index (κ2) is 15.8. The van der Waals surface area contributed by atoms with Crippen LogP contribution in [0.15, 0.2) is 76.3 Å². The Hall–Kier alpha value is -3.33. The number of nitrogens with zero attached hydrogens (tertiary/aromatic N) is 3. The molecule has 0 atom stereocenters. The third-order valence-corrected chi connectivity index (χ3v) is 8.29. The molecule has 0 saturated carbocycles. The SMILES string of the molecule is CCCCN(CC)C1CCN(Cc2ccc(C(=O)Nc3ccc(Br)cc3C(=O)N/N=C/c3cccc(C)c3)cc2)CC1. The molecule has 1 heterocycles. The molecular weight excluding hydrogens is 590 g/mol. The summed E-state index contributed by atoms with van der Waals surface area (Å²) >= 11 is 3.42. The summed E-state index contributed by atoms with van der Waals surface area (Å²) in [6.45, 7) is 11.9. The number of benzene rings is 3. The first-order valence-corrected chi connectivity index (χ1v) is 15.7. The summed E-state index contributed by atoms with van der Waals surface area (Å²) in [5.74, 6) is -0.684. The Balaban J connectivity index is 1.32. The predicted molar refractivity (Wildman–Crippen MR) is 175 cm³/mol. The van der Waals surface area contributed by atoms with E-state index in [1.807, 2.05) is 55.5 Å². The lowest BCUT2D eigenvalue weighted by atomic mass is 10.0. The Morgan fingerprint density at radius 3 is 2.48 bits per heavy atom. The highest BCUT2D eigenvalue weighted by molar-refractivity contribution is 9.10. The molecule has 0 radical (unpaired) electrons. The first-order valence-electron chi connectivity index (χ1n) is 14.9. The number of rotatable bonds is 12. The van der Waals surface area contributed by atoms with Gasteiger partial charge in [-0.15, -0.1) is 0 Å². The molecule has 0 unspecified atom stereocenters. The van der Waals surface area contributed by atoms with Crippen molar-refractivity contribution in [2.24, 2.45) is 5.10 Å². The molecule has 3 aromatic rings. The molecule has 3 aromatic carbocycles. The van der Waals surface area contributed by atoms with Crippen LogP contribution < -0.4 is 10.7 Å². The van der Waals surface area contributed by atoms with E-state index in [9.17, 15) is 9.59 Å². The fourth-order valence-corrected chi connectivity index (χ4v) is 5.77. The number of halogens is 1.